The van der Waals surface area contributed by atoms with E-state index < -0.39 is 0 Å². The van der Waals surface area contributed by atoms with Crippen LogP contribution in [-0.4, -0.2) is 23.6 Å². The fraction of sp³-hybridized carbons (Fsp3) is 0.556. The fourth-order valence-electron chi connectivity index (χ4n) is 1.07. The quantitative estimate of drug-likeness (QED) is 0.645. The number of carbonyl (C=O) groups excluding carboxylic acids is 2. The van der Waals surface area contributed by atoms with E-state index in [1.165, 1.54) is 11.8 Å². The summed E-state index contributed by atoms with van der Waals surface area (Å²) >= 11 is 1.47. The Labute approximate surface area is 81.5 Å². The van der Waals surface area contributed by atoms with E-state index in [4.69, 9.17) is 4.74 Å². The lowest BCUT2D eigenvalue weighted by atomic mass is 10.2. The summed E-state index contributed by atoms with van der Waals surface area (Å²) in [6, 6.07) is 0. The second kappa shape index (κ2) is 5.07. The van der Waals surface area contributed by atoms with E-state index in [0.717, 1.165) is 0 Å². The first-order valence-corrected chi connectivity index (χ1v) is 5.19. The molecule has 13 heavy (non-hydrogen) atoms. The zero-order valence-electron chi connectivity index (χ0n) is 7.49. The van der Waals surface area contributed by atoms with Gasteiger partial charge in [-0.25, -0.2) is 0 Å². The molecule has 0 saturated carbocycles. The maximum absolute atomic E-state index is 11.1. The van der Waals surface area contributed by atoms with Crippen molar-refractivity contribution in [2.45, 2.75) is 25.0 Å². The Balaban J connectivity index is 2.19. The van der Waals surface area contributed by atoms with Crippen molar-refractivity contribution in [2.75, 3.05) is 6.61 Å². The van der Waals surface area contributed by atoms with Crippen molar-refractivity contribution in [1.82, 2.24) is 0 Å². The minimum absolute atomic E-state index is 0.0654. The number of ether oxygens (including phenoxy) is 1. The Morgan fingerprint density at radius 2 is 2.46 bits per heavy atom. The summed E-state index contributed by atoms with van der Waals surface area (Å²) in [6.07, 6.45) is 2.47. The Hall–Kier alpha value is -0.770. The molecule has 1 unspecified atom stereocenters. The van der Waals surface area contributed by atoms with Crippen LogP contribution in [0.15, 0.2) is 11.5 Å². The number of hydrogen-bond acceptors (Lipinski definition) is 4. The molecule has 1 aliphatic heterocycles. The molecule has 0 spiro atoms. The second-order valence-corrected chi connectivity index (χ2v) is 3.79. The predicted molar refractivity (Wildman–Crippen MR) is 51.4 cm³/mol. The molecule has 1 atom stereocenters. The molecule has 0 aliphatic carbocycles. The Morgan fingerprint density at radius 1 is 1.69 bits per heavy atom. The first-order chi connectivity index (χ1) is 6.24. The van der Waals surface area contributed by atoms with Crippen molar-refractivity contribution < 1.29 is 14.3 Å². The van der Waals surface area contributed by atoms with Gasteiger partial charge in [0.25, 0.3) is 0 Å². The van der Waals surface area contributed by atoms with Gasteiger partial charge >= 0.3 is 5.97 Å². The van der Waals surface area contributed by atoms with Gasteiger partial charge in [-0.2, -0.15) is 0 Å². The highest BCUT2D eigenvalue weighted by Gasteiger charge is 2.21. The van der Waals surface area contributed by atoms with Crippen LogP contribution in [0.3, 0.4) is 0 Å². The van der Waals surface area contributed by atoms with E-state index in [1.807, 2.05) is 0 Å². The predicted octanol–water partition coefficient (Wildman–Crippen LogP) is 1.53. The molecule has 0 amide bonds. The molecule has 4 heteroatoms. The molecule has 72 valence electrons. The van der Waals surface area contributed by atoms with Gasteiger partial charge in [-0.3, -0.25) is 9.59 Å². The van der Waals surface area contributed by atoms with Crippen LogP contribution >= 0.6 is 11.8 Å². The minimum Gasteiger partial charge on any atom is -0.466 e. The van der Waals surface area contributed by atoms with Gasteiger partial charge in [-0.15, -0.1) is 11.8 Å². The van der Waals surface area contributed by atoms with E-state index in [9.17, 15) is 9.59 Å². The van der Waals surface area contributed by atoms with Crippen molar-refractivity contribution in [1.29, 1.82) is 0 Å². The van der Waals surface area contributed by atoms with Gasteiger partial charge < -0.3 is 4.74 Å². The van der Waals surface area contributed by atoms with E-state index in [0.29, 0.717) is 19.4 Å². The summed E-state index contributed by atoms with van der Waals surface area (Å²) in [5.74, 6) is -0.114. The van der Waals surface area contributed by atoms with Crippen LogP contribution in [0.25, 0.3) is 0 Å². The van der Waals surface area contributed by atoms with Gasteiger partial charge in [-0.05, 0) is 24.8 Å². The van der Waals surface area contributed by atoms with E-state index >= 15 is 0 Å². The first-order valence-electron chi connectivity index (χ1n) is 4.25. The van der Waals surface area contributed by atoms with Crippen molar-refractivity contribution in [3.8, 4) is 0 Å². The highest BCUT2D eigenvalue weighted by atomic mass is 32.2. The standard InChI is InChI=1S/C9H12O3S/c1-2-12-9(11)4-3-8-7(10)5-6-13-8/h5-6,8H,2-4H2,1H3. The van der Waals surface area contributed by atoms with E-state index in [1.54, 1.807) is 18.4 Å². The van der Waals surface area contributed by atoms with Crippen LogP contribution in [0.2, 0.25) is 0 Å². The highest BCUT2D eigenvalue weighted by molar-refractivity contribution is 8.03. The summed E-state index contributed by atoms with van der Waals surface area (Å²) in [6.45, 7) is 2.18. The average molecular weight is 200 g/mol. The van der Waals surface area contributed by atoms with E-state index in [2.05, 4.69) is 0 Å². The molecule has 0 N–H and O–H groups in total. The number of thioether (sulfide) groups is 1. The van der Waals surface area contributed by atoms with Crippen LogP contribution in [0.5, 0.6) is 0 Å². The number of carbonyl (C=O) groups is 2. The maximum atomic E-state index is 11.1. The van der Waals surface area contributed by atoms with Crippen LogP contribution in [-0.2, 0) is 14.3 Å². The first kappa shape index (κ1) is 10.3. The maximum Gasteiger partial charge on any atom is 0.305 e. The minimum atomic E-state index is -0.220. The molecule has 3 nitrogen and oxygen atoms in total. The SMILES string of the molecule is CCOC(=O)CCC1SC=CC1=O. The number of allylic oxidation sites excluding steroid dienone is 1. The van der Waals surface area contributed by atoms with Gasteiger partial charge in [-0.1, -0.05) is 0 Å². The van der Waals surface area contributed by atoms with Crippen molar-refractivity contribution in [2.24, 2.45) is 0 Å². The molecule has 1 heterocycles. The van der Waals surface area contributed by atoms with Crippen LogP contribution in [0.4, 0.5) is 0 Å². The lowest BCUT2D eigenvalue weighted by molar-refractivity contribution is -0.143. The number of ketones is 1. The highest BCUT2D eigenvalue weighted by Crippen LogP contribution is 2.24. The molecular weight excluding hydrogens is 188 g/mol. The Morgan fingerprint density at radius 3 is 3.00 bits per heavy atom. The Bertz CT molecular complexity index is 235. The normalized spacial score (nSPS) is 20.7. The average Bonchev–Trinajstić information content (AvgIpc) is 2.48. The number of rotatable bonds is 4. The Kier molecular flexibility index (Phi) is 4.02. The van der Waals surface area contributed by atoms with Crippen LogP contribution in [0, 0.1) is 0 Å². The molecule has 0 radical (unpaired) electrons. The third-order valence-corrected chi connectivity index (χ3v) is 2.80. The molecule has 1 aliphatic rings. The topological polar surface area (TPSA) is 43.4 Å². The van der Waals surface area contributed by atoms with Crippen LogP contribution < -0.4 is 0 Å². The number of esters is 1. The van der Waals surface area contributed by atoms with Gasteiger partial charge in [0.15, 0.2) is 5.78 Å². The monoisotopic (exact) mass is 200 g/mol. The lowest BCUT2D eigenvalue weighted by Gasteiger charge is -2.05. The summed E-state index contributed by atoms with van der Waals surface area (Å²) in [5, 5.41) is 1.71. The summed E-state index contributed by atoms with van der Waals surface area (Å²) < 4.78 is 4.76. The van der Waals surface area contributed by atoms with Crippen LogP contribution in [0.1, 0.15) is 19.8 Å². The molecule has 1 rings (SSSR count). The summed E-state index contributed by atoms with van der Waals surface area (Å²) in [5.41, 5.74) is 0. The summed E-state index contributed by atoms with van der Waals surface area (Å²) in [7, 11) is 0. The van der Waals surface area contributed by atoms with Gasteiger partial charge in [0.05, 0.1) is 11.9 Å². The fourth-order valence-corrected chi connectivity index (χ4v) is 1.94. The third-order valence-electron chi connectivity index (χ3n) is 1.71. The van der Waals surface area contributed by atoms with Crippen molar-refractivity contribution in [3.05, 3.63) is 11.5 Å². The molecule has 0 aromatic carbocycles. The third kappa shape index (κ3) is 3.22. The van der Waals surface area contributed by atoms with Gasteiger partial charge in [0.1, 0.15) is 0 Å². The lowest BCUT2D eigenvalue weighted by Crippen LogP contribution is -2.13. The molecule has 0 fully saturated rings. The summed E-state index contributed by atoms with van der Waals surface area (Å²) in [4.78, 5) is 22.0. The molecule has 0 saturated heterocycles. The van der Waals surface area contributed by atoms with Crippen molar-refractivity contribution >= 4 is 23.5 Å². The molecule has 0 bridgehead atoms. The largest absolute Gasteiger partial charge is 0.466 e. The second-order valence-electron chi connectivity index (χ2n) is 2.67. The molecule has 0 aromatic heterocycles. The molecular formula is C9H12O3S. The molecule has 0 aromatic rings. The smallest absolute Gasteiger partial charge is 0.305 e. The zero-order chi connectivity index (χ0) is 9.68. The van der Waals surface area contributed by atoms with E-state index in [-0.39, 0.29) is 17.0 Å². The van der Waals surface area contributed by atoms with Gasteiger partial charge in [0, 0.05) is 6.42 Å². The van der Waals surface area contributed by atoms with Crippen molar-refractivity contribution in [3.63, 3.8) is 0 Å². The van der Waals surface area contributed by atoms with Gasteiger partial charge in [0.2, 0.25) is 0 Å². The zero-order valence-corrected chi connectivity index (χ0v) is 8.30. The number of hydrogen-bond donors (Lipinski definition) is 0.